The minimum absolute atomic E-state index is 0.575. The van der Waals surface area contributed by atoms with Crippen LogP contribution in [0.1, 0.15) is 13.8 Å². The Hall–Kier alpha value is -1.68. The summed E-state index contributed by atoms with van der Waals surface area (Å²) in [6.07, 6.45) is 1.80. The molecule has 2 N–H and O–H groups in total. The predicted octanol–water partition coefficient (Wildman–Crippen LogP) is 3.18. The maximum Gasteiger partial charge on any atom is 0.170 e. The Morgan fingerprint density at radius 3 is 2.94 bits per heavy atom. The van der Waals surface area contributed by atoms with Gasteiger partial charge >= 0.3 is 0 Å². The van der Waals surface area contributed by atoms with E-state index in [-0.39, 0.29) is 0 Å². The Bertz CT molecular complexity index is 551. The van der Waals surface area contributed by atoms with E-state index in [0.717, 1.165) is 23.1 Å². The Morgan fingerprint density at radius 2 is 2.17 bits per heavy atom. The van der Waals surface area contributed by atoms with Gasteiger partial charge in [-0.05, 0) is 42.4 Å². The van der Waals surface area contributed by atoms with E-state index < -0.39 is 0 Å². The molecule has 94 valence electrons. The van der Waals surface area contributed by atoms with Crippen LogP contribution in [0, 0.1) is 5.92 Å². The molecule has 0 unspecified atom stereocenters. The lowest BCUT2D eigenvalue weighted by Crippen LogP contribution is -2.31. The molecule has 0 saturated heterocycles. The number of nitrogens with one attached hydrogen (secondary N) is 2. The summed E-state index contributed by atoms with van der Waals surface area (Å²) in [5, 5.41) is 8.13. The highest BCUT2D eigenvalue weighted by Gasteiger charge is 2.00. The molecular formula is C14H17N3S. The minimum atomic E-state index is 0.575. The number of nitrogens with zero attached hydrogens (tertiary/aromatic N) is 1. The standard InChI is InChI=1S/C14H17N3S/c1-10(2)9-16-14(18)17-12-5-6-13-11(8-12)4-3-7-15-13/h3-8,10H,9H2,1-2H3,(H2,16,17,18). The fourth-order valence-corrected chi connectivity index (χ4v) is 1.83. The van der Waals surface area contributed by atoms with Gasteiger partial charge in [0.15, 0.2) is 5.11 Å². The minimum Gasteiger partial charge on any atom is -0.362 e. The van der Waals surface area contributed by atoms with Crippen LogP contribution in [0.15, 0.2) is 36.5 Å². The first-order valence-corrected chi connectivity index (χ1v) is 6.45. The molecule has 2 rings (SSSR count). The molecule has 1 heterocycles. The molecule has 1 aromatic carbocycles. The van der Waals surface area contributed by atoms with Crippen LogP contribution in [0.5, 0.6) is 0 Å². The molecule has 0 aliphatic carbocycles. The predicted molar refractivity (Wildman–Crippen MR) is 80.8 cm³/mol. The molecule has 0 bridgehead atoms. The van der Waals surface area contributed by atoms with Crippen molar-refractivity contribution < 1.29 is 0 Å². The van der Waals surface area contributed by atoms with Crippen molar-refractivity contribution in [3.63, 3.8) is 0 Å². The van der Waals surface area contributed by atoms with E-state index in [1.807, 2.05) is 30.3 Å². The largest absolute Gasteiger partial charge is 0.362 e. The number of hydrogen-bond acceptors (Lipinski definition) is 2. The average molecular weight is 259 g/mol. The third kappa shape index (κ3) is 3.40. The first-order valence-electron chi connectivity index (χ1n) is 6.05. The summed E-state index contributed by atoms with van der Waals surface area (Å²) in [5.74, 6) is 0.575. The fourth-order valence-electron chi connectivity index (χ4n) is 1.63. The van der Waals surface area contributed by atoms with E-state index in [4.69, 9.17) is 12.2 Å². The summed E-state index contributed by atoms with van der Waals surface area (Å²) in [4.78, 5) is 4.28. The monoisotopic (exact) mass is 259 g/mol. The Morgan fingerprint density at radius 1 is 1.33 bits per heavy atom. The highest BCUT2D eigenvalue weighted by Crippen LogP contribution is 2.16. The van der Waals surface area contributed by atoms with Crippen molar-refractivity contribution in [1.29, 1.82) is 0 Å². The van der Waals surface area contributed by atoms with Gasteiger partial charge < -0.3 is 10.6 Å². The zero-order valence-corrected chi connectivity index (χ0v) is 11.4. The molecule has 2 aromatic rings. The summed E-state index contributed by atoms with van der Waals surface area (Å²) in [6, 6.07) is 9.99. The van der Waals surface area contributed by atoms with Gasteiger partial charge in [0, 0.05) is 23.8 Å². The van der Waals surface area contributed by atoms with Gasteiger partial charge in [0.25, 0.3) is 0 Å². The van der Waals surface area contributed by atoms with Crippen molar-refractivity contribution in [3.8, 4) is 0 Å². The van der Waals surface area contributed by atoms with Gasteiger partial charge in [0.2, 0.25) is 0 Å². The quantitative estimate of drug-likeness (QED) is 0.830. The molecular weight excluding hydrogens is 242 g/mol. The molecule has 3 nitrogen and oxygen atoms in total. The average Bonchev–Trinajstić information content (AvgIpc) is 2.36. The smallest absolute Gasteiger partial charge is 0.170 e. The van der Waals surface area contributed by atoms with E-state index in [1.165, 1.54) is 0 Å². The van der Waals surface area contributed by atoms with Crippen molar-refractivity contribution in [1.82, 2.24) is 10.3 Å². The van der Waals surface area contributed by atoms with Crippen LogP contribution in [0.25, 0.3) is 10.9 Å². The number of benzene rings is 1. The molecule has 0 atom stereocenters. The number of fused-ring (bicyclic) bond motifs is 1. The number of rotatable bonds is 3. The highest BCUT2D eigenvalue weighted by molar-refractivity contribution is 7.80. The van der Waals surface area contributed by atoms with Crippen molar-refractivity contribution in [2.45, 2.75) is 13.8 Å². The number of pyridine rings is 1. The van der Waals surface area contributed by atoms with Crippen molar-refractivity contribution in [2.24, 2.45) is 5.92 Å². The summed E-state index contributed by atoms with van der Waals surface area (Å²) in [5.41, 5.74) is 1.97. The van der Waals surface area contributed by atoms with Gasteiger partial charge in [-0.2, -0.15) is 0 Å². The zero-order chi connectivity index (χ0) is 13.0. The van der Waals surface area contributed by atoms with Crippen molar-refractivity contribution in [2.75, 3.05) is 11.9 Å². The normalized spacial score (nSPS) is 10.6. The maximum atomic E-state index is 5.24. The number of thiocarbonyl (C=S) groups is 1. The van der Waals surface area contributed by atoms with Crippen LogP contribution < -0.4 is 10.6 Å². The van der Waals surface area contributed by atoms with Crippen molar-refractivity contribution in [3.05, 3.63) is 36.5 Å². The third-order valence-electron chi connectivity index (χ3n) is 2.53. The molecule has 1 aromatic heterocycles. The number of aromatic nitrogens is 1. The van der Waals surface area contributed by atoms with E-state index in [1.54, 1.807) is 6.20 Å². The van der Waals surface area contributed by atoms with Gasteiger partial charge in [-0.15, -0.1) is 0 Å². The second kappa shape index (κ2) is 5.78. The lowest BCUT2D eigenvalue weighted by atomic mass is 10.2. The lowest BCUT2D eigenvalue weighted by molar-refractivity contribution is 0.627. The van der Waals surface area contributed by atoms with Gasteiger partial charge in [0.05, 0.1) is 5.52 Å². The van der Waals surface area contributed by atoms with Gasteiger partial charge in [0.1, 0.15) is 0 Å². The van der Waals surface area contributed by atoms with Crippen LogP contribution in [0.4, 0.5) is 5.69 Å². The maximum absolute atomic E-state index is 5.24. The Balaban J connectivity index is 2.05. The molecule has 0 saturated carbocycles. The summed E-state index contributed by atoms with van der Waals surface area (Å²) in [6.45, 7) is 5.18. The summed E-state index contributed by atoms with van der Waals surface area (Å²) < 4.78 is 0. The Labute approximate surface area is 113 Å². The number of hydrogen-bond donors (Lipinski definition) is 2. The summed E-state index contributed by atoms with van der Waals surface area (Å²) in [7, 11) is 0. The van der Waals surface area contributed by atoms with Crippen LogP contribution >= 0.6 is 12.2 Å². The van der Waals surface area contributed by atoms with E-state index in [2.05, 4.69) is 29.5 Å². The molecule has 0 aliphatic rings. The second-order valence-electron chi connectivity index (χ2n) is 4.64. The SMILES string of the molecule is CC(C)CNC(=S)Nc1ccc2ncccc2c1. The molecule has 4 heteroatoms. The van der Waals surface area contributed by atoms with Crippen LogP contribution in [0.3, 0.4) is 0 Å². The molecule has 0 amide bonds. The van der Waals surface area contributed by atoms with Gasteiger partial charge in [-0.25, -0.2) is 0 Å². The zero-order valence-electron chi connectivity index (χ0n) is 10.6. The van der Waals surface area contributed by atoms with Crippen LogP contribution in [-0.2, 0) is 0 Å². The van der Waals surface area contributed by atoms with Crippen LogP contribution in [-0.4, -0.2) is 16.6 Å². The van der Waals surface area contributed by atoms with E-state index >= 15 is 0 Å². The Kier molecular flexibility index (Phi) is 4.10. The first-order chi connectivity index (χ1) is 8.65. The topological polar surface area (TPSA) is 37.0 Å². The molecule has 18 heavy (non-hydrogen) atoms. The third-order valence-corrected chi connectivity index (χ3v) is 2.78. The van der Waals surface area contributed by atoms with Crippen LogP contribution in [0.2, 0.25) is 0 Å². The first kappa shape index (κ1) is 12.8. The van der Waals surface area contributed by atoms with Gasteiger partial charge in [-0.3, -0.25) is 4.98 Å². The van der Waals surface area contributed by atoms with E-state index in [9.17, 15) is 0 Å². The highest BCUT2D eigenvalue weighted by atomic mass is 32.1. The van der Waals surface area contributed by atoms with E-state index in [0.29, 0.717) is 11.0 Å². The molecule has 0 fully saturated rings. The number of anilines is 1. The molecule has 0 aliphatic heterocycles. The van der Waals surface area contributed by atoms with Crippen molar-refractivity contribution >= 4 is 33.9 Å². The fraction of sp³-hybridized carbons (Fsp3) is 0.286. The molecule has 0 radical (unpaired) electrons. The second-order valence-corrected chi connectivity index (χ2v) is 5.05. The summed E-state index contributed by atoms with van der Waals surface area (Å²) >= 11 is 5.24. The lowest BCUT2D eigenvalue weighted by Gasteiger charge is -2.12. The van der Waals surface area contributed by atoms with Gasteiger partial charge in [-0.1, -0.05) is 19.9 Å². The molecule has 0 spiro atoms.